The van der Waals surface area contributed by atoms with Gasteiger partial charge in [0.25, 0.3) is 5.91 Å². The number of hydrogen-bond donors (Lipinski definition) is 2. The molecule has 3 aromatic carbocycles. The number of aromatic amines is 1. The predicted octanol–water partition coefficient (Wildman–Crippen LogP) is 5.44. The lowest BCUT2D eigenvalue weighted by Gasteiger charge is -2.35. The van der Waals surface area contributed by atoms with Gasteiger partial charge in [0, 0.05) is 67.3 Å². The van der Waals surface area contributed by atoms with E-state index in [0.717, 1.165) is 60.7 Å². The Labute approximate surface area is 212 Å². The van der Waals surface area contributed by atoms with Crippen LogP contribution in [0.25, 0.3) is 22.0 Å². The summed E-state index contributed by atoms with van der Waals surface area (Å²) in [5.41, 5.74) is 7.33. The van der Waals surface area contributed by atoms with Crippen LogP contribution in [0.4, 0.5) is 17.1 Å². The molecule has 2 aliphatic rings. The van der Waals surface area contributed by atoms with E-state index in [4.69, 9.17) is 0 Å². The van der Waals surface area contributed by atoms with Crippen molar-refractivity contribution in [3.63, 3.8) is 0 Å². The van der Waals surface area contributed by atoms with E-state index in [1.165, 1.54) is 16.5 Å². The molecule has 6 rings (SSSR count). The zero-order valence-corrected chi connectivity index (χ0v) is 21.0. The van der Waals surface area contributed by atoms with Gasteiger partial charge in [-0.1, -0.05) is 24.3 Å². The number of aromatic nitrogens is 1. The van der Waals surface area contributed by atoms with Gasteiger partial charge in [-0.05, 0) is 73.8 Å². The highest BCUT2D eigenvalue weighted by molar-refractivity contribution is 6.09. The lowest BCUT2D eigenvalue weighted by molar-refractivity contribution is 0.0987. The topological polar surface area (TPSA) is 54.6 Å². The number of benzene rings is 3. The summed E-state index contributed by atoms with van der Waals surface area (Å²) in [7, 11) is 2.17. The summed E-state index contributed by atoms with van der Waals surface area (Å²) in [6, 6.07) is 23.4. The third-order valence-corrected chi connectivity index (χ3v) is 7.58. The summed E-state index contributed by atoms with van der Waals surface area (Å²) in [4.78, 5) is 24.0. The summed E-state index contributed by atoms with van der Waals surface area (Å²) >= 11 is 0. The number of nitrogens with zero attached hydrogens (tertiary/aromatic N) is 3. The molecule has 184 valence electrons. The molecule has 0 saturated carbocycles. The predicted molar refractivity (Wildman–Crippen MR) is 149 cm³/mol. The molecule has 1 aromatic heterocycles. The number of piperazine rings is 1. The van der Waals surface area contributed by atoms with Crippen molar-refractivity contribution < 1.29 is 4.79 Å². The summed E-state index contributed by atoms with van der Waals surface area (Å²) in [6.07, 6.45) is 2.88. The van der Waals surface area contributed by atoms with Crippen molar-refractivity contribution >= 4 is 33.9 Å². The highest BCUT2D eigenvalue weighted by atomic mass is 16.2. The van der Waals surface area contributed by atoms with Crippen molar-refractivity contribution in [2.24, 2.45) is 0 Å². The van der Waals surface area contributed by atoms with E-state index in [2.05, 4.69) is 76.5 Å². The fraction of sp³-hybridized carbons (Fsp3) is 0.300. The maximum absolute atomic E-state index is 14.0. The first-order valence-electron chi connectivity index (χ1n) is 12.9. The largest absolute Gasteiger partial charge is 0.381 e. The molecular formula is C30H33N5O. The molecule has 1 fully saturated rings. The summed E-state index contributed by atoms with van der Waals surface area (Å²) in [6.45, 7) is 6.78. The van der Waals surface area contributed by atoms with Gasteiger partial charge < -0.3 is 25.0 Å². The minimum atomic E-state index is 0.0568. The number of hydrogen-bond acceptors (Lipinski definition) is 4. The first-order valence-corrected chi connectivity index (χ1v) is 12.9. The molecule has 0 unspecified atom stereocenters. The van der Waals surface area contributed by atoms with Crippen molar-refractivity contribution in [2.75, 3.05) is 54.9 Å². The van der Waals surface area contributed by atoms with E-state index < -0.39 is 0 Å². The Bertz CT molecular complexity index is 1400. The second-order valence-electron chi connectivity index (χ2n) is 10.1. The van der Waals surface area contributed by atoms with Crippen LogP contribution in [0.15, 0.2) is 72.9 Å². The molecule has 2 aliphatic heterocycles. The van der Waals surface area contributed by atoms with Crippen LogP contribution in [0.2, 0.25) is 0 Å². The van der Waals surface area contributed by atoms with E-state index >= 15 is 0 Å². The van der Waals surface area contributed by atoms with Crippen LogP contribution in [-0.2, 0) is 0 Å². The number of carbonyl (C=O) groups excluding carboxylic acids is 1. The van der Waals surface area contributed by atoms with Gasteiger partial charge in [-0.15, -0.1) is 0 Å². The fourth-order valence-electron chi connectivity index (χ4n) is 5.42. The number of para-hydroxylation sites is 2. The number of carbonyl (C=O) groups is 1. The third kappa shape index (κ3) is 4.22. The van der Waals surface area contributed by atoms with Gasteiger partial charge in [0.2, 0.25) is 0 Å². The third-order valence-electron chi connectivity index (χ3n) is 7.58. The van der Waals surface area contributed by atoms with Crippen LogP contribution in [0.3, 0.4) is 0 Å². The van der Waals surface area contributed by atoms with Crippen LogP contribution < -0.4 is 15.1 Å². The minimum absolute atomic E-state index is 0.0568. The normalized spacial score (nSPS) is 18.6. The summed E-state index contributed by atoms with van der Waals surface area (Å²) < 4.78 is 0. The molecule has 0 aliphatic carbocycles. The van der Waals surface area contributed by atoms with Gasteiger partial charge >= 0.3 is 0 Å². The number of nitrogens with one attached hydrogen (secondary N) is 2. The molecule has 1 atom stereocenters. The standard InChI is InChI=1S/C30H33N5O/c1-21-12-14-35(28-6-4-3-5-27(28)32-21)30(36)24-7-9-25(22-8-10-26-23(19-22)11-13-31-26)29(20-24)34-17-15-33(2)16-18-34/h3-11,13,19-21,31-32H,12,14-18H2,1-2H3/t21-/m0/s1. The average Bonchev–Trinajstić information content (AvgIpc) is 3.30. The van der Waals surface area contributed by atoms with Crippen molar-refractivity contribution in [1.82, 2.24) is 9.88 Å². The zero-order chi connectivity index (χ0) is 24.6. The van der Waals surface area contributed by atoms with Crippen molar-refractivity contribution in [1.29, 1.82) is 0 Å². The Hall–Kier alpha value is -3.77. The van der Waals surface area contributed by atoms with Gasteiger partial charge in [-0.25, -0.2) is 0 Å². The first-order chi connectivity index (χ1) is 17.6. The molecule has 4 aromatic rings. The number of fused-ring (bicyclic) bond motifs is 2. The van der Waals surface area contributed by atoms with Crippen molar-refractivity contribution in [2.45, 2.75) is 19.4 Å². The van der Waals surface area contributed by atoms with Crippen LogP contribution in [0.1, 0.15) is 23.7 Å². The molecule has 0 spiro atoms. The zero-order valence-electron chi connectivity index (χ0n) is 21.0. The molecule has 1 amide bonds. The van der Waals surface area contributed by atoms with E-state index in [0.29, 0.717) is 12.6 Å². The number of H-pyrrole nitrogens is 1. The molecule has 36 heavy (non-hydrogen) atoms. The van der Waals surface area contributed by atoms with E-state index in [-0.39, 0.29) is 5.91 Å². The SMILES string of the molecule is C[C@H]1CCN(C(=O)c2ccc(-c3ccc4[nH]ccc4c3)c(N3CCN(C)CC3)c2)c2ccccc2N1. The van der Waals surface area contributed by atoms with Crippen molar-refractivity contribution in [3.05, 3.63) is 78.5 Å². The Morgan fingerprint density at radius 3 is 2.58 bits per heavy atom. The number of anilines is 3. The lowest BCUT2D eigenvalue weighted by Crippen LogP contribution is -2.44. The molecule has 1 saturated heterocycles. The minimum Gasteiger partial charge on any atom is -0.381 e. The van der Waals surface area contributed by atoms with Crippen LogP contribution in [0.5, 0.6) is 0 Å². The number of amides is 1. The fourth-order valence-corrected chi connectivity index (χ4v) is 5.42. The lowest BCUT2D eigenvalue weighted by atomic mass is 9.98. The molecular weight excluding hydrogens is 446 g/mol. The second-order valence-corrected chi connectivity index (χ2v) is 10.1. The monoisotopic (exact) mass is 479 g/mol. The summed E-state index contributed by atoms with van der Waals surface area (Å²) in [5.74, 6) is 0.0568. The van der Waals surface area contributed by atoms with Crippen LogP contribution >= 0.6 is 0 Å². The Morgan fingerprint density at radius 2 is 1.72 bits per heavy atom. The molecule has 0 bridgehead atoms. The maximum Gasteiger partial charge on any atom is 0.258 e. The van der Waals surface area contributed by atoms with E-state index in [9.17, 15) is 4.79 Å². The molecule has 6 nitrogen and oxygen atoms in total. The Kier molecular flexibility index (Phi) is 5.89. The van der Waals surface area contributed by atoms with Crippen molar-refractivity contribution in [3.8, 4) is 11.1 Å². The van der Waals surface area contributed by atoms with E-state index in [1.807, 2.05) is 35.4 Å². The first kappa shape index (κ1) is 22.7. The molecule has 6 heteroatoms. The second kappa shape index (κ2) is 9.36. The van der Waals surface area contributed by atoms with Crippen LogP contribution in [-0.4, -0.2) is 61.6 Å². The quantitative estimate of drug-likeness (QED) is 0.411. The molecule has 2 N–H and O–H groups in total. The van der Waals surface area contributed by atoms with Gasteiger partial charge in [-0.3, -0.25) is 4.79 Å². The smallest absolute Gasteiger partial charge is 0.258 e. The highest BCUT2D eigenvalue weighted by Gasteiger charge is 2.26. The summed E-state index contributed by atoms with van der Waals surface area (Å²) in [5, 5.41) is 4.75. The Balaban J connectivity index is 1.41. The average molecular weight is 480 g/mol. The molecule has 0 radical (unpaired) electrons. The molecule has 3 heterocycles. The Morgan fingerprint density at radius 1 is 0.889 bits per heavy atom. The van der Waals surface area contributed by atoms with Crippen LogP contribution in [0, 0.1) is 0 Å². The van der Waals surface area contributed by atoms with E-state index in [1.54, 1.807) is 0 Å². The van der Waals surface area contributed by atoms with Gasteiger partial charge in [0.1, 0.15) is 0 Å². The number of rotatable bonds is 3. The van der Waals surface area contributed by atoms with Gasteiger partial charge in [-0.2, -0.15) is 0 Å². The van der Waals surface area contributed by atoms with Gasteiger partial charge in [0.05, 0.1) is 11.4 Å². The highest BCUT2D eigenvalue weighted by Crippen LogP contribution is 2.36. The van der Waals surface area contributed by atoms with Gasteiger partial charge in [0.15, 0.2) is 0 Å². The maximum atomic E-state index is 14.0. The number of likely N-dealkylation sites (N-methyl/N-ethyl adjacent to an activating group) is 1.